The van der Waals surface area contributed by atoms with Crippen LogP contribution in [0.1, 0.15) is 13.3 Å². The Morgan fingerprint density at radius 2 is 2.25 bits per heavy atom. The first-order chi connectivity index (χ1) is 7.67. The molecule has 0 N–H and O–H groups in total. The molecule has 0 saturated heterocycles. The predicted molar refractivity (Wildman–Crippen MR) is 62.7 cm³/mol. The van der Waals surface area contributed by atoms with E-state index in [4.69, 9.17) is 16.3 Å². The van der Waals surface area contributed by atoms with Crippen molar-refractivity contribution in [1.29, 1.82) is 0 Å². The minimum absolute atomic E-state index is 0.232. The van der Waals surface area contributed by atoms with Gasteiger partial charge < -0.3 is 9.47 Å². The van der Waals surface area contributed by atoms with E-state index in [1.54, 1.807) is 24.3 Å². The van der Waals surface area contributed by atoms with Crippen molar-refractivity contribution in [3.05, 3.63) is 29.3 Å². The summed E-state index contributed by atoms with van der Waals surface area (Å²) in [6.45, 7) is 2.23. The number of hydrogen-bond donors (Lipinski definition) is 0. The van der Waals surface area contributed by atoms with Crippen LogP contribution in [0.15, 0.2) is 24.3 Å². The van der Waals surface area contributed by atoms with Gasteiger partial charge in [0.2, 0.25) is 0 Å². The minimum atomic E-state index is -0.246. The molecule has 0 aliphatic carbocycles. The fraction of sp³-hybridized carbons (Fsp3) is 0.417. The number of carbonyl (C=O) groups excluding carboxylic acids is 1. The quantitative estimate of drug-likeness (QED) is 0.745. The van der Waals surface area contributed by atoms with E-state index in [1.165, 1.54) is 7.11 Å². The summed E-state index contributed by atoms with van der Waals surface area (Å²) in [5.41, 5.74) is 0. The van der Waals surface area contributed by atoms with E-state index >= 15 is 0 Å². The van der Waals surface area contributed by atoms with Crippen molar-refractivity contribution in [3.63, 3.8) is 0 Å². The smallest absolute Gasteiger partial charge is 0.312 e. The van der Waals surface area contributed by atoms with Crippen molar-refractivity contribution in [2.75, 3.05) is 13.7 Å². The largest absolute Gasteiger partial charge is 0.493 e. The molecule has 0 aromatic heterocycles. The summed E-state index contributed by atoms with van der Waals surface area (Å²) in [5, 5.41) is 0.614. The first-order valence-corrected chi connectivity index (χ1v) is 5.51. The molecule has 0 fully saturated rings. The van der Waals surface area contributed by atoms with Crippen LogP contribution < -0.4 is 4.74 Å². The van der Waals surface area contributed by atoms with E-state index in [0.29, 0.717) is 23.8 Å². The number of hydrogen-bond acceptors (Lipinski definition) is 3. The molecule has 0 amide bonds. The van der Waals surface area contributed by atoms with Gasteiger partial charge in [0.1, 0.15) is 12.4 Å². The number of rotatable bonds is 5. The van der Waals surface area contributed by atoms with Gasteiger partial charge in [0.25, 0.3) is 0 Å². The molecular formula is C12H15ClO3. The number of carbonyl (C=O) groups is 1. The summed E-state index contributed by atoms with van der Waals surface area (Å²) in [5.74, 6) is 0.184. The molecule has 16 heavy (non-hydrogen) atoms. The van der Waals surface area contributed by atoms with Gasteiger partial charge in [-0.2, -0.15) is 0 Å². The molecule has 0 aliphatic rings. The number of benzene rings is 1. The Kier molecular flexibility index (Phi) is 5.12. The van der Waals surface area contributed by atoms with Gasteiger partial charge in [0, 0.05) is 5.02 Å². The van der Waals surface area contributed by atoms with Gasteiger partial charge in [-0.15, -0.1) is 0 Å². The lowest BCUT2D eigenvalue weighted by Gasteiger charge is -2.13. The van der Waals surface area contributed by atoms with Crippen molar-refractivity contribution in [1.82, 2.24) is 0 Å². The standard InChI is InChI=1S/C12H15ClO3/c1-3-9(12(14)15-2)8-16-11-6-4-5-10(13)7-11/h4-7,9H,3,8H2,1-2H3. The van der Waals surface area contributed by atoms with Crippen molar-refractivity contribution in [2.24, 2.45) is 5.92 Å². The Hall–Kier alpha value is -1.22. The normalized spacial score (nSPS) is 11.9. The molecule has 4 heteroatoms. The van der Waals surface area contributed by atoms with E-state index in [-0.39, 0.29) is 11.9 Å². The topological polar surface area (TPSA) is 35.5 Å². The fourth-order valence-corrected chi connectivity index (χ4v) is 1.45. The van der Waals surface area contributed by atoms with Crippen LogP contribution in [0.3, 0.4) is 0 Å². The van der Waals surface area contributed by atoms with Crippen LogP contribution >= 0.6 is 11.6 Å². The van der Waals surface area contributed by atoms with Gasteiger partial charge in [0.15, 0.2) is 0 Å². The molecule has 1 aromatic rings. The van der Waals surface area contributed by atoms with Gasteiger partial charge in [-0.05, 0) is 24.6 Å². The van der Waals surface area contributed by atoms with Gasteiger partial charge in [-0.3, -0.25) is 4.79 Å². The Balaban J connectivity index is 2.52. The number of esters is 1. The predicted octanol–water partition coefficient (Wildman–Crippen LogP) is 2.92. The monoisotopic (exact) mass is 242 g/mol. The highest BCUT2D eigenvalue weighted by Crippen LogP contribution is 2.18. The maximum atomic E-state index is 11.3. The van der Waals surface area contributed by atoms with Crippen molar-refractivity contribution >= 4 is 17.6 Å². The molecular weight excluding hydrogens is 228 g/mol. The van der Waals surface area contributed by atoms with Crippen molar-refractivity contribution < 1.29 is 14.3 Å². The van der Waals surface area contributed by atoms with E-state index in [9.17, 15) is 4.79 Å². The van der Waals surface area contributed by atoms with Crippen LogP contribution in [-0.2, 0) is 9.53 Å². The fourth-order valence-electron chi connectivity index (χ4n) is 1.27. The second-order valence-corrected chi connectivity index (χ2v) is 3.83. The third-order valence-corrected chi connectivity index (χ3v) is 2.51. The van der Waals surface area contributed by atoms with Gasteiger partial charge >= 0.3 is 5.97 Å². The first kappa shape index (κ1) is 12.8. The van der Waals surface area contributed by atoms with Crippen LogP contribution in [0, 0.1) is 5.92 Å². The first-order valence-electron chi connectivity index (χ1n) is 5.13. The zero-order chi connectivity index (χ0) is 12.0. The molecule has 0 aliphatic heterocycles. The number of methoxy groups -OCH3 is 1. The maximum Gasteiger partial charge on any atom is 0.312 e. The van der Waals surface area contributed by atoms with Crippen LogP contribution in [-0.4, -0.2) is 19.7 Å². The zero-order valence-electron chi connectivity index (χ0n) is 9.40. The highest BCUT2D eigenvalue weighted by molar-refractivity contribution is 6.30. The lowest BCUT2D eigenvalue weighted by atomic mass is 10.1. The molecule has 0 radical (unpaired) electrons. The highest BCUT2D eigenvalue weighted by Gasteiger charge is 2.17. The van der Waals surface area contributed by atoms with Gasteiger partial charge in [0.05, 0.1) is 13.0 Å². The Morgan fingerprint density at radius 1 is 1.50 bits per heavy atom. The van der Waals surface area contributed by atoms with Gasteiger partial charge in [-0.1, -0.05) is 24.6 Å². The lowest BCUT2D eigenvalue weighted by Crippen LogP contribution is -2.22. The van der Waals surface area contributed by atoms with E-state index in [1.807, 2.05) is 6.92 Å². The van der Waals surface area contributed by atoms with Crippen LogP contribution in [0.4, 0.5) is 0 Å². The molecule has 1 unspecified atom stereocenters. The summed E-state index contributed by atoms with van der Waals surface area (Å²) < 4.78 is 10.1. The molecule has 1 rings (SSSR count). The van der Waals surface area contributed by atoms with E-state index in [2.05, 4.69) is 4.74 Å². The van der Waals surface area contributed by atoms with Crippen molar-refractivity contribution in [3.8, 4) is 5.75 Å². The maximum absolute atomic E-state index is 11.3. The molecule has 1 aromatic carbocycles. The third-order valence-electron chi connectivity index (χ3n) is 2.27. The van der Waals surface area contributed by atoms with E-state index in [0.717, 1.165) is 0 Å². The summed E-state index contributed by atoms with van der Waals surface area (Å²) >= 11 is 5.81. The Bertz CT molecular complexity index is 352. The highest BCUT2D eigenvalue weighted by atomic mass is 35.5. The average molecular weight is 243 g/mol. The Labute approximate surface area is 100 Å². The average Bonchev–Trinajstić information content (AvgIpc) is 2.29. The summed E-state index contributed by atoms with van der Waals surface area (Å²) in [7, 11) is 1.38. The third kappa shape index (κ3) is 3.74. The summed E-state index contributed by atoms with van der Waals surface area (Å²) in [4.78, 5) is 11.3. The van der Waals surface area contributed by atoms with Gasteiger partial charge in [-0.25, -0.2) is 0 Å². The zero-order valence-corrected chi connectivity index (χ0v) is 10.2. The lowest BCUT2D eigenvalue weighted by molar-refractivity contribution is -0.146. The minimum Gasteiger partial charge on any atom is -0.493 e. The summed E-state index contributed by atoms with van der Waals surface area (Å²) in [6, 6.07) is 7.09. The molecule has 0 saturated carbocycles. The SMILES string of the molecule is CCC(COc1cccc(Cl)c1)C(=O)OC. The molecule has 0 bridgehead atoms. The van der Waals surface area contributed by atoms with Crippen molar-refractivity contribution in [2.45, 2.75) is 13.3 Å². The second-order valence-electron chi connectivity index (χ2n) is 3.40. The molecule has 3 nitrogen and oxygen atoms in total. The number of halogens is 1. The second kappa shape index (κ2) is 6.38. The van der Waals surface area contributed by atoms with E-state index < -0.39 is 0 Å². The summed E-state index contributed by atoms with van der Waals surface area (Å²) in [6.07, 6.45) is 0.688. The molecule has 0 spiro atoms. The van der Waals surface area contributed by atoms with Crippen LogP contribution in [0.25, 0.3) is 0 Å². The van der Waals surface area contributed by atoms with Crippen LogP contribution in [0.5, 0.6) is 5.75 Å². The number of ether oxygens (including phenoxy) is 2. The van der Waals surface area contributed by atoms with Crippen LogP contribution in [0.2, 0.25) is 5.02 Å². The molecule has 88 valence electrons. The Morgan fingerprint density at radius 3 is 2.81 bits per heavy atom. The molecule has 1 atom stereocenters. The molecule has 0 heterocycles.